The third kappa shape index (κ3) is 2.71. The Balaban J connectivity index is 2.28. The Morgan fingerprint density at radius 1 is 1.33 bits per heavy atom. The molecule has 1 aromatic heterocycles. The summed E-state index contributed by atoms with van der Waals surface area (Å²) in [7, 11) is 1.39. The molecule has 4 nitrogen and oxygen atoms in total. The fraction of sp³-hybridized carbons (Fsp3) is 0.167. The predicted octanol–water partition coefficient (Wildman–Crippen LogP) is 4.57. The summed E-state index contributed by atoms with van der Waals surface area (Å²) in [6.07, 6.45) is -0.177. The van der Waals surface area contributed by atoms with Crippen molar-refractivity contribution >= 4 is 28.5 Å². The van der Waals surface area contributed by atoms with Crippen LogP contribution in [-0.4, -0.2) is 23.2 Å². The quantitative estimate of drug-likeness (QED) is 0.726. The van der Waals surface area contributed by atoms with E-state index in [1.807, 2.05) is 6.92 Å². The number of ether oxygens (including phenoxy) is 1. The van der Waals surface area contributed by atoms with Crippen LogP contribution in [0.4, 0.5) is 4.39 Å². The molecule has 124 valence electrons. The van der Waals surface area contributed by atoms with Gasteiger partial charge < -0.3 is 14.8 Å². The van der Waals surface area contributed by atoms with E-state index in [1.54, 1.807) is 18.2 Å². The lowest BCUT2D eigenvalue weighted by atomic mass is 10.0. The second kappa shape index (κ2) is 6.17. The lowest BCUT2D eigenvalue weighted by Crippen LogP contribution is -2.01. The van der Waals surface area contributed by atoms with Crippen molar-refractivity contribution in [1.29, 1.82) is 0 Å². The Kier molecular flexibility index (Phi) is 4.20. The van der Waals surface area contributed by atoms with Gasteiger partial charge in [-0.2, -0.15) is 0 Å². The van der Waals surface area contributed by atoms with Crippen molar-refractivity contribution in [3.8, 4) is 17.0 Å². The molecule has 0 unspecified atom stereocenters. The van der Waals surface area contributed by atoms with Crippen molar-refractivity contribution in [2.75, 3.05) is 7.11 Å². The first-order valence-corrected chi connectivity index (χ1v) is 7.65. The first-order valence-electron chi connectivity index (χ1n) is 7.27. The number of methoxy groups -OCH3 is 1. The summed E-state index contributed by atoms with van der Waals surface area (Å²) < 4.78 is 19.0. The average Bonchev–Trinajstić information content (AvgIpc) is 2.89. The number of halogens is 2. The maximum absolute atomic E-state index is 14.1. The number of nitrogens with one attached hydrogen (secondary N) is 1. The van der Waals surface area contributed by atoms with E-state index in [1.165, 1.54) is 19.2 Å². The zero-order valence-corrected chi connectivity index (χ0v) is 13.9. The van der Waals surface area contributed by atoms with E-state index in [2.05, 4.69) is 4.98 Å². The molecule has 24 heavy (non-hydrogen) atoms. The Labute approximate surface area is 142 Å². The molecule has 2 aromatic carbocycles. The average molecular weight is 348 g/mol. The summed E-state index contributed by atoms with van der Waals surface area (Å²) in [6, 6.07) is 8.04. The van der Waals surface area contributed by atoms with Gasteiger partial charge in [0.15, 0.2) is 11.6 Å². The fourth-order valence-corrected chi connectivity index (χ4v) is 2.99. The lowest BCUT2D eigenvalue weighted by molar-refractivity contribution is -0.136. The largest absolute Gasteiger partial charge is 0.494 e. The van der Waals surface area contributed by atoms with E-state index in [0.717, 1.165) is 16.5 Å². The molecular weight excluding hydrogens is 333 g/mol. The van der Waals surface area contributed by atoms with Crippen molar-refractivity contribution in [3.05, 3.63) is 52.3 Å². The van der Waals surface area contributed by atoms with Gasteiger partial charge in [-0.25, -0.2) is 4.39 Å². The summed E-state index contributed by atoms with van der Waals surface area (Å²) in [5, 5.41) is 10.6. The van der Waals surface area contributed by atoms with E-state index in [-0.39, 0.29) is 12.2 Å². The number of aromatic amines is 1. The molecule has 0 spiro atoms. The SMILES string of the molecule is COc1ccc(-c2[nH]c3c(C)c(Cl)ccc3c2CC(=O)O)cc1F. The summed E-state index contributed by atoms with van der Waals surface area (Å²) in [5.74, 6) is -1.34. The minimum atomic E-state index is -0.960. The predicted molar refractivity (Wildman–Crippen MR) is 91.3 cm³/mol. The molecule has 6 heteroatoms. The van der Waals surface area contributed by atoms with E-state index in [9.17, 15) is 14.3 Å². The molecule has 0 radical (unpaired) electrons. The number of carboxylic acids is 1. The number of rotatable bonds is 4. The molecule has 3 rings (SSSR count). The minimum absolute atomic E-state index is 0.133. The van der Waals surface area contributed by atoms with Crippen LogP contribution >= 0.6 is 11.6 Å². The van der Waals surface area contributed by atoms with Crippen LogP contribution in [0.25, 0.3) is 22.2 Å². The summed E-state index contributed by atoms with van der Waals surface area (Å²) in [6.45, 7) is 1.85. The third-order valence-corrected chi connectivity index (χ3v) is 4.45. The lowest BCUT2D eigenvalue weighted by Gasteiger charge is -2.06. The van der Waals surface area contributed by atoms with Gasteiger partial charge >= 0.3 is 5.97 Å². The van der Waals surface area contributed by atoms with Crippen molar-refractivity contribution in [2.45, 2.75) is 13.3 Å². The number of hydrogen-bond acceptors (Lipinski definition) is 2. The number of H-pyrrole nitrogens is 1. The maximum Gasteiger partial charge on any atom is 0.307 e. The van der Waals surface area contributed by atoms with Crippen LogP contribution < -0.4 is 4.74 Å². The molecule has 0 bridgehead atoms. The van der Waals surface area contributed by atoms with Gasteiger partial charge in [0.1, 0.15) is 0 Å². The topological polar surface area (TPSA) is 62.3 Å². The van der Waals surface area contributed by atoms with Crippen LogP contribution in [0.3, 0.4) is 0 Å². The summed E-state index contributed by atoms with van der Waals surface area (Å²) in [4.78, 5) is 14.5. The highest BCUT2D eigenvalue weighted by Crippen LogP contribution is 2.35. The summed E-state index contributed by atoms with van der Waals surface area (Å²) >= 11 is 6.15. The highest BCUT2D eigenvalue weighted by atomic mass is 35.5. The van der Waals surface area contributed by atoms with Crippen LogP contribution in [0.2, 0.25) is 5.02 Å². The van der Waals surface area contributed by atoms with Crippen molar-refractivity contribution < 1.29 is 19.0 Å². The molecule has 1 heterocycles. The molecule has 0 amide bonds. The van der Waals surface area contributed by atoms with E-state index in [4.69, 9.17) is 16.3 Å². The number of carboxylic acid groups (broad SMARTS) is 1. The number of fused-ring (bicyclic) bond motifs is 1. The van der Waals surface area contributed by atoms with E-state index in [0.29, 0.717) is 21.8 Å². The Morgan fingerprint density at radius 3 is 2.71 bits per heavy atom. The smallest absolute Gasteiger partial charge is 0.307 e. The highest BCUT2D eigenvalue weighted by Gasteiger charge is 2.19. The fourth-order valence-electron chi connectivity index (χ4n) is 2.84. The Hall–Kier alpha value is -2.53. The van der Waals surface area contributed by atoms with Crippen LogP contribution in [-0.2, 0) is 11.2 Å². The van der Waals surface area contributed by atoms with Gasteiger partial charge in [-0.1, -0.05) is 17.7 Å². The zero-order chi connectivity index (χ0) is 17.4. The maximum atomic E-state index is 14.1. The van der Waals surface area contributed by atoms with Gasteiger partial charge in [0.05, 0.1) is 24.7 Å². The first-order chi connectivity index (χ1) is 11.4. The normalized spacial score (nSPS) is 11.0. The number of benzene rings is 2. The zero-order valence-electron chi connectivity index (χ0n) is 13.1. The molecule has 0 saturated carbocycles. The first kappa shape index (κ1) is 16.3. The standard InChI is InChI=1S/C18H15ClFNO3/c1-9-13(19)5-4-11-12(8-16(22)23)18(21-17(9)11)10-3-6-15(24-2)14(20)7-10/h3-7,21H,8H2,1-2H3,(H,22,23). The van der Waals surface area contributed by atoms with Crippen LogP contribution in [0.1, 0.15) is 11.1 Å². The van der Waals surface area contributed by atoms with Crippen LogP contribution in [0.5, 0.6) is 5.75 Å². The molecule has 2 N–H and O–H groups in total. The number of aryl methyl sites for hydroxylation is 1. The van der Waals surface area contributed by atoms with Crippen LogP contribution in [0, 0.1) is 12.7 Å². The Morgan fingerprint density at radius 2 is 2.08 bits per heavy atom. The van der Waals surface area contributed by atoms with Gasteiger partial charge in [0.2, 0.25) is 0 Å². The van der Waals surface area contributed by atoms with E-state index >= 15 is 0 Å². The number of aliphatic carboxylic acids is 1. The van der Waals surface area contributed by atoms with Gasteiger partial charge in [-0.3, -0.25) is 4.79 Å². The molecule has 0 aliphatic heterocycles. The van der Waals surface area contributed by atoms with Crippen molar-refractivity contribution in [1.82, 2.24) is 4.98 Å². The highest BCUT2D eigenvalue weighted by molar-refractivity contribution is 6.32. The molecule has 0 aliphatic rings. The van der Waals surface area contributed by atoms with Gasteiger partial charge in [0.25, 0.3) is 0 Å². The van der Waals surface area contributed by atoms with Gasteiger partial charge in [0, 0.05) is 16.0 Å². The van der Waals surface area contributed by atoms with Gasteiger partial charge in [-0.15, -0.1) is 0 Å². The third-order valence-electron chi connectivity index (χ3n) is 4.04. The van der Waals surface area contributed by atoms with Crippen LogP contribution in [0.15, 0.2) is 30.3 Å². The number of carbonyl (C=O) groups is 1. The molecule has 0 aliphatic carbocycles. The molecule has 3 aromatic rings. The Bertz CT molecular complexity index is 949. The minimum Gasteiger partial charge on any atom is -0.494 e. The number of aromatic nitrogens is 1. The van der Waals surface area contributed by atoms with E-state index < -0.39 is 11.8 Å². The monoisotopic (exact) mass is 347 g/mol. The molecule has 0 fully saturated rings. The molecular formula is C18H15ClFNO3. The van der Waals surface area contributed by atoms with Gasteiger partial charge in [-0.05, 0) is 42.3 Å². The number of hydrogen-bond donors (Lipinski definition) is 2. The second-order valence-corrected chi connectivity index (χ2v) is 5.90. The molecule has 0 atom stereocenters. The van der Waals surface area contributed by atoms with Crippen molar-refractivity contribution in [3.63, 3.8) is 0 Å². The second-order valence-electron chi connectivity index (χ2n) is 5.49. The molecule has 0 saturated heterocycles. The summed E-state index contributed by atoms with van der Waals surface area (Å²) in [5.41, 5.74) is 3.29. The van der Waals surface area contributed by atoms with Crippen molar-refractivity contribution in [2.24, 2.45) is 0 Å².